The number of aryl methyl sites for hydroxylation is 1. The summed E-state index contributed by atoms with van der Waals surface area (Å²) in [7, 11) is 0. The number of benzene rings is 1. The second-order valence-corrected chi connectivity index (χ2v) is 6.99. The zero-order chi connectivity index (χ0) is 16.8. The molecule has 5 nitrogen and oxygen atoms in total. The molecule has 0 spiro atoms. The van der Waals surface area contributed by atoms with E-state index in [4.69, 9.17) is 0 Å². The molecule has 1 aromatic rings. The molecule has 2 unspecified atom stereocenters. The lowest BCUT2D eigenvalue weighted by atomic mass is 10.0. The molecule has 2 atom stereocenters. The van der Waals surface area contributed by atoms with Crippen LogP contribution in [0.2, 0.25) is 0 Å². The number of thioether (sulfide) groups is 1. The van der Waals surface area contributed by atoms with Crippen LogP contribution in [0.5, 0.6) is 0 Å². The van der Waals surface area contributed by atoms with Gasteiger partial charge in [0, 0.05) is 25.6 Å². The molecule has 1 saturated heterocycles. The van der Waals surface area contributed by atoms with Gasteiger partial charge in [0.05, 0.1) is 0 Å². The van der Waals surface area contributed by atoms with Gasteiger partial charge in [-0.05, 0) is 24.3 Å². The first-order chi connectivity index (χ1) is 11.0. The Hall–Kier alpha value is -1.82. The summed E-state index contributed by atoms with van der Waals surface area (Å²) in [4.78, 5) is 36.2. The van der Waals surface area contributed by atoms with Gasteiger partial charge in [-0.1, -0.05) is 42.1 Å². The minimum Gasteiger partial charge on any atom is -0.480 e. The first kappa shape index (κ1) is 17.5. The van der Waals surface area contributed by atoms with Crippen LogP contribution in [0.3, 0.4) is 0 Å². The van der Waals surface area contributed by atoms with Crippen LogP contribution in [0.15, 0.2) is 30.3 Å². The largest absolute Gasteiger partial charge is 0.480 e. The zero-order valence-corrected chi connectivity index (χ0v) is 13.9. The fraction of sp³-hybridized carbons (Fsp3) is 0.471. The van der Waals surface area contributed by atoms with Crippen molar-refractivity contribution >= 4 is 28.8 Å². The average Bonchev–Trinajstić information content (AvgIpc) is 2.87. The fourth-order valence-corrected chi connectivity index (χ4v) is 3.51. The van der Waals surface area contributed by atoms with Crippen LogP contribution in [0.1, 0.15) is 25.3 Å². The molecule has 1 heterocycles. The highest BCUT2D eigenvalue weighted by Crippen LogP contribution is 2.25. The number of hydrogen-bond donors (Lipinski definition) is 1. The maximum atomic E-state index is 12.2. The first-order valence-corrected chi connectivity index (χ1v) is 8.65. The van der Waals surface area contributed by atoms with Crippen molar-refractivity contribution in [1.29, 1.82) is 0 Å². The van der Waals surface area contributed by atoms with E-state index in [2.05, 4.69) is 0 Å². The van der Waals surface area contributed by atoms with E-state index in [-0.39, 0.29) is 16.9 Å². The molecule has 0 aromatic heterocycles. The molecule has 1 aliphatic rings. The van der Waals surface area contributed by atoms with Crippen LogP contribution in [0.4, 0.5) is 0 Å². The molecular formula is C17H21NO4S. The van der Waals surface area contributed by atoms with Crippen molar-refractivity contribution in [1.82, 2.24) is 4.90 Å². The highest BCUT2D eigenvalue weighted by molar-refractivity contribution is 8.13. The van der Waals surface area contributed by atoms with Crippen molar-refractivity contribution in [3.63, 3.8) is 0 Å². The third-order valence-corrected chi connectivity index (χ3v) is 5.02. The van der Waals surface area contributed by atoms with Crippen LogP contribution in [-0.4, -0.2) is 45.3 Å². The van der Waals surface area contributed by atoms with Crippen molar-refractivity contribution in [3.8, 4) is 0 Å². The summed E-state index contributed by atoms with van der Waals surface area (Å²) in [5.41, 5.74) is 1.06. The van der Waals surface area contributed by atoms with Gasteiger partial charge in [-0.3, -0.25) is 9.59 Å². The van der Waals surface area contributed by atoms with E-state index >= 15 is 0 Å². The predicted molar refractivity (Wildman–Crippen MR) is 89.1 cm³/mol. The molecule has 1 fully saturated rings. The second-order valence-electron chi connectivity index (χ2n) is 5.80. The van der Waals surface area contributed by atoms with E-state index in [0.29, 0.717) is 31.6 Å². The van der Waals surface area contributed by atoms with Crippen molar-refractivity contribution in [2.24, 2.45) is 5.92 Å². The van der Waals surface area contributed by atoms with Crippen LogP contribution in [0, 0.1) is 5.92 Å². The van der Waals surface area contributed by atoms with Gasteiger partial charge < -0.3 is 10.0 Å². The molecule has 6 heteroatoms. The number of rotatable bonds is 7. The standard InChI is InChI=1S/C17H21NO4S/c1-12(19)23-11-14-9-16(20)18(10-14)15(17(21)22)8-7-13-5-3-2-4-6-13/h2-6,14-15H,7-11H2,1H3,(H,21,22). The summed E-state index contributed by atoms with van der Waals surface area (Å²) in [6.45, 7) is 1.92. The van der Waals surface area contributed by atoms with Crippen LogP contribution in [-0.2, 0) is 20.8 Å². The normalized spacial score (nSPS) is 18.9. The Morgan fingerprint density at radius 3 is 2.65 bits per heavy atom. The summed E-state index contributed by atoms with van der Waals surface area (Å²) in [5, 5.41) is 9.50. The number of carboxylic acids is 1. The molecule has 1 N–H and O–H groups in total. The minimum absolute atomic E-state index is 0.0229. The van der Waals surface area contributed by atoms with Gasteiger partial charge in [-0.25, -0.2) is 4.79 Å². The Kier molecular flexibility index (Phi) is 6.21. The Labute approximate surface area is 140 Å². The summed E-state index contributed by atoms with van der Waals surface area (Å²) >= 11 is 1.20. The zero-order valence-electron chi connectivity index (χ0n) is 13.1. The maximum absolute atomic E-state index is 12.2. The van der Waals surface area contributed by atoms with Crippen LogP contribution >= 0.6 is 11.8 Å². The van der Waals surface area contributed by atoms with Gasteiger partial charge >= 0.3 is 5.97 Å². The molecule has 23 heavy (non-hydrogen) atoms. The third-order valence-electron chi connectivity index (χ3n) is 3.97. The first-order valence-electron chi connectivity index (χ1n) is 7.67. The molecule has 124 valence electrons. The highest BCUT2D eigenvalue weighted by atomic mass is 32.2. The summed E-state index contributed by atoms with van der Waals surface area (Å²) in [6, 6.07) is 8.87. The Bertz CT molecular complexity index is 575. The van der Waals surface area contributed by atoms with E-state index < -0.39 is 12.0 Å². The van der Waals surface area contributed by atoms with Crippen molar-refractivity contribution < 1.29 is 19.5 Å². The number of hydrogen-bond acceptors (Lipinski definition) is 4. The van der Waals surface area contributed by atoms with E-state index in [9.17, 15) is 19.5 Å². The fourth-order valence-electron chi connectivity index (χ4n) is 2.82. The number of nitrogens with zero attached hydrogens (tertiary/aromatic N) is 1. The smallest absolute Gasteiger partial charge is 0.326 e. The van der Waals surface area contributed by atoms with E-state index in [0.717, 1.165) is 5.56 Å². The number of carboxylic acid groups (broad SMARTS) is 1. The van der Waals surface area contributed by atoms with Gasteiger partial charge in [0.25, 0.3) is 0 Å². The second kappa shape index (κ2) is 8.15. The molecule has 0 radical (unpaired) electrons. The monoisotopic (exact) mass is 335 g/mol. The molecule has 2 rings (SSSR count). The van der Waals surface area contributed by atoms with Crippen molar-refractivity contribution in [2.45, 2.75) is 32.2 Å². The lowest BCUT2D eigenvalue weighted by Gasteiger charge is -2.24. The molecule has 0 saturated carbocycles. The Morgan fingerprint density at radius 1 is 1.35 bits per heavy atom. The topological polar surface area (TPSA) is 74.7 Å². The van der Waals surface area contributed by atoms with Gasteiger partial charge in [0.15, 0.2) is 5.12 Å². The molecular weight excluding hydrogens is 314 g/mol. The molecule has 1 amide bonds. The van der Waals surface area contributed by atoms with Gasteiger partial charge in [-0.15, -0.1) is 0 Å². The molecule has 0 aliphatic carbocycles. The molecule has 1 aromatic carbocycles. The van der Waals surface area contributed by atoms with Gasteiger partial charge in [0.1, 0.15) is 6.04 Å². The predicted octanol–water partition coefficient (Wildman–Crippen LogP) is 2.20. The highest BCUT2D eigenvalue weighted by Gasteiger charge is 2.37. The van der Waals surface area contributed by atoms with Gasteiger partial charge in [0.2, 0.25) is 5.91 Å². The molecule has 0 bridgehead atoms. The van der Waals surface area contributed by atoms with Crippen molar-refractivity contribution in [3.05, 3.63) is 35.9 Å². The average molecular weight is 335 g/mol. The number of carbonyl (C=O) groups excluding carboxylic acids is 2. The van der Waals surface area contributed by atoms with E-state index in [1.807, 2.05) is 30.3 Å². The van der Waals surface area contributed by atoms with Crippen LogP contribution < -0.4 is 0 Å². The van der Waals surface area contributed by atoms with Crippen molar-refractivity contribution in [2.75, 3.05) is 12.3 Å². The maximum Gasteiger partial charge on any atom is 0.326 e. The quantitative estimate of drug-likeness (QED) is 0.827. The third kappa shape index (κ3) is 5.10. The molecule has 1 aliphatic heterocycles. The van der Waals surface area contributed by atoms with Crippen LogP contribution in [0.25, 0.3) is 0 Å². The lowest BCUT2D eigenvalue weighted by molar-refractivity contribution is -0.148. The van der Waals surface area contributed by atoms with E-state index in [1.165, 1.54) is 23.6 Å². The number of likely N-dealkylation sites (tertiary alicyclic amines) is 1. The summed E-state index contributed by atoms with van der Waals surface area (Å²) in [6.07, 6.45) is 1.35. The van der Waals surface area contributed by atoms with Gasteiger partial charge in [-0.2, -0.15) is 0 Å². The summed E-state index contributed by atoms with van der Waals surface area (Å²) in [5.74, 6) is -0.466. The Morgan fingerprint density at radius 2 is 2.04 bits per heavy atom. The number of aliphatic carboxylic acids is 1. The Balaban J connectivity index is 1.96. The minimum atomic E-state index is -0.964. The number of amides is 1. The lowest BCUT2D eigenvalue weighted by Crippen LogP contribution is -2.42. The SMILES string of the molecule is CC(=O)SCC1CC(=O)N(C(CCc2ccccc2)C(=O)O)C1. The van der Waals surface area contributed by atoms with E-state index in [1.54, 1.807) is 0 Å². The number of carbonyl (C=O) groups is 3. The summed E-state index contributed by atoms with van der Waals surface area (Å²) < 4.78 is 0.